The van der Waals surface area contributed by atoms with Gasteiger partial charge in [-0.25, -0.2) is 0 Å². The molecular weight excluding hydrogens is 304 g/mol. The van der Waals surface area contributed by atoms with Crippen molar-refractivity contribution < 1.29 is 19.3 Å². The Hall–Kier alpha value is -1.72. The molecule has 1 N–H and O–H groups in total. The Bertz CT molecular complexity index is 660. The van der Waals surface area contributed by atoms with Crippen LogP contribution in [0.3, 0.4) is 0 Å². The third-order valence-corrected chi connectivity index (χ3v) is 4.85. The minimum absolute atomic E-state index is 0.131. The summed E-state index contributed by atoms with van der Waals surface area (Å²) in [5.74, 6) is 0. The highest BCUT2D eigenvalue weighted by Gasteiger charge is 2.70. The van der Waals surface area contributed by atoms with E-state index in [1.807, 2.05) is 60.7 Å². The molecule has 0 spiro atoms. The molecule has 1 aliphatic carbocycles. The summed E-state index contributed by atoms with van der Waals surface area (Å²) in [6.45, 7) is 1.51. The molecule has 2 aliphatic rings. The molecule has 1 heterocycles. The standard InChI is InChI=1S/C20H22O4/c21-17-11-18(23-13-16-9-5-2-6-10-16)20(19(17)24-20)14-22-12-15-7-3-1-4-8-15/h1-10,17-19,21H,11-14H2/t17-,18-,19-,20+/m0/s1. The van der Waals surface area contributed by atoms with Gasteiger partial charge in [0.25, 0.3) is 0 Å². The summed E-state index contributed by atoms with van der Waals surface area (Å²) in [7, 11) is 0. The van der Waals surface area contributed by atoms with Crippen molar-refractivity contribution in [1.82, 2.24) is 0 Å². The van der Waals surface area contributed by atoms with E-state index in [1.54, 1.807) is 0 Å². The molecule has 0 amide bonds. The molecule has 1 saturated heterocycles. The Morgan fingerprint density at radius 1 is 0.958 bits per heavy atom. The molecule has 0 unspecified atom stereocenters. The van der Waals surface area contributed by atoms with E-state index in [4.69, 9.17) is 14.2 Å². The van der Waals surface area contributed by atoms with Gasteiger partial charge in [-0.3, -0.25) is 0 Å². The van der Waals surface area contributed by atoms with Gasteiger partial charge in [0.05, 0.1) is 32.0 Å². The Morgan fingerprint density at radius 3 is 2.21 bits per heavy atom. The molecule has 1 aliphatic heterocycles. The zero-order valence-corrected chi connectivity index (χ0v) is 13.5. The number of rotatable bonds is 7. The van der Waals surface area contributed by atoms with E-state index < -0.39 is 11.7 Å². The van der Waals surface area contributed by atoms with Crippen molar-refractivity contribution in [3.63, 3.8) is 0 Å². The Kier molecular flexibility index (Phi) is 4.37. The summed E-state index contributed by atoms with van der Waals surface area (Å²) >= 11 is 0. The second kappa shape index (κ2) is 6.65. The summed E-state index contributed by atoms with van der Waals surface area (Å²) < 4.78 is 17.7. The van der Waals surface area contributed by atoms with Gasteiger partial charge in [-0.2, -0.15) is 0 Å². The highest BCUT2D eigenvalue weighted by Crippen LogP contribution is 2.51. The van der Waals surface area contributed by atoms with Gasteiger partial charge in [-0.1, -0.05) is 60.7 Å². The number of fused-ring (bicyclic) bond motifs is 1. The maximum absolute atomic E-state index is 10.1. The van der Waals surface area contributed by atoms with Gasteiger partial charge in [0, 0.05) is 6.42 Å². The molecule has 24 heavy (non-hydrogen) atoms. The van der Waals surface area contributed by atoms with Crippen molar-refractivity contribution in [3.05, 3.63) is 71.8 Å². The number of aliphatic hydroxyl groups excluding tert-OH is 1. The second-order valence-electron chi connectivity index (χ2n) is 6.56. The quantitative estimate of drug-likeness (QED) is 0.795. The predicted octanol–water partition coefficient (Wildman–Crippen LogP) is 2.69. The van der Waals surface area contributed by atoms with Crippen LogP contribution in [0, 0.1) is 0 Å². The van der Waals surface area contributed by atoms with Crippen LogP contribution in [0.4, 0.5) is 0 Å². The number of aliphatic hydroxyl groups is 1. The topological polar surface area (TPSA) is 51.2 Å². The summed E-state index contributed by atoms with van der Waals surface area (Å²) in [4.78, 5) is 0. The van der Waals surface area contributed by atoms with Crippen LogP contribution < -0.4 is 0 Å². The molecule has 2 aromatic carbocycles. The van der Waals surface area contributed by atoms with Crippen molar-refractivity contribution in [2.24, 2.45) is 0 Å². The molecule has 4 rings (SSSR count). The lowest BCUT2D eigenvalue weighted by molar-refractivity contribution is -0.0634. The average Bonchev–Trinajstić information content (AvgIpc) is 3.30. The third kappa shape index (κ3) is 3.10. The molecule has 0 bridgehead atoms. The lowest BCUT2D eigenvalue weighted by atomic mass is 10.1. The number of hydrogen-bond donors (Lipinski definition) is 1. The van der Waals surface area contributed by atoms with Crippen LogP contribution in [0.5, 0.6) is 0 Å². The molecule has 4 heteroatoms. The van der Waals surface area contributed by atoms with Crippen LogP contribution in [0.1, 0.15) is 17.5 Å². The van der Waals surface area contributed by atoms with Crippen molar-refractivity contribution in [1.29, 1.82) is 0 Å². The van der Waals surface area contributed by atoms with E-state index in [2.05, 4.69) is 0 Å². The number of hydrogen-bond acceptors (Lipinski definition) is 4. The molecule has 126 valence electrons. The molecule has 0 aromatic heterocycles. The van der Waals surface area contributed by atoms with Crippen LogP contribution >= 0.6 is 0 Å². The van der Waals surface area contributed by atoms with Gasteiger partial charge in [0.15, 0.2) is 0 Å². The molecule has 1 saturated carbocycles. The third-order valence-electron chi connectivity index (χ3n) is 4.85. The Labute approximate surface area is 142 Å². The molecule has 2 aromatic rings. The lowest BCUT2D eigenvalue weighted by Gasteiger charge is -2.21. The fourth-order valence-electron chi connectivity index (χ4n) is 3.50. The summed E-state index contributed by atoms with van der Waals surface area (Å²) in [6.07, 6.45) is -0.153. The Balaban J connectivity index is 1.34. The predicted molar refractivity (Wildman–Crippen MR) is 89.3 cm³/mol. The average molecular weight is 326 g/mol. The van der Waals surface area contributed by atoms with Gasteiger partial charge < -0.3 is 19.3 Å². The molecule has 0 radical (unpaired) electrons. The first-order chi connectivity index (χ1) is 11.8. The zero-order valence-electron chi connectivity index (χ0n) is 13.5. The Morgan fingerprint density at radius 2 is 1.58 bits per heavy atom. The van der Waals surface area contributed by atoms with Crippen molar-refractivity contribution in [2.45, 2.75) is 43.5 Å². The highest BCUT2D eigenvalue weighted by molar-refractivity contribution is 5.19. The largest absolute Gasteiger partial charge is 0.390 e. The van der Waals surface area contributed by atoms with Gasteiger partial charge >= 0.3 is 0 Å². The van der Waals surface area contributed by atoms with E-state index in [0.717, 1.165) is 11.1 Å². The molecule has 4 atom stereocenters. The van der Waals surface area contributed by atoms with Crippen molar-refractivity contribution >= 4 is 0 Å². The van der Waals surface area contributed by atoms with E-state index in [9.17, 15) is 5.11 Å². The summed E-state index contributed by atoms with van der Waals surface area (Å²) in [5.41, 5.74) is 1.77. The summed E-state index contributed by atoms with van der Waals surface area (Å²) in [5, 5.41) is 10.1. The lowest BCUT2D eigenvalue weighted by Crippen LogP contribution is -2.34. The minimum atomic E-state index is -0.483. The monoisotopic (exact) mass is 326 g/mol. The maximum atomic E-state index is 10.1. The molecule has 4 nitrogen and oxygen atoms in total. The summed E-state index contributed by atoms with van der Waals surface area (Å²) in [6, 6.07) is 20.1. The maximum Gasteiger partial charge on any atom is 0.147 e. The van der Waals surface area contributed by atoms with Crippen LogP contribution in [0.15, 0.2) is 60.7 Å². The molecule has 2 fully saturated rings. The number of benzene rings is 2. The van der Waals surface area contributed by atoms with Gasteiger partial charge in [0.1, 0.15) is 11.7 Å². The van der Waals surface area contributed by atoms with E-state index >= 15 is 0 Å². The SMILES string of the molecule is O[C@H]1C[C@H](OCc2ccccc2)[C@@]2(COCc3ccccc3)O[C@@H]12. The van der Waals surface area contributed by atoms with Crippen LogP contribution in [0.2, 0.25) is 0 Å². The smallest absolute Gasteiger partial charge is 0.147 e. The van der Waals surface area contributed by atoms with Gasteiger partial charge in [-0.15, -0.1) is 0 Å². The van der Waals surface area contributed by atoms with Crippen LogP contribution in [-0.4, -0.2) is 35.6 Å². The highest BCUT2D eigenvalue weighted by atomic mass is 16.7. The van der Waals surface area contributed by atoms with E-state index in [1.165, 1.54) is 0 Å². The number of epoxide rings is 1. The van der Waals surface area contributed by atoms with Crippen LogP contribution in [0.25, 0.3) is 0 Å². The van der Waals surface area contributed by atoms with E-state index in [-0.39, 0.29) is 12.2 Å². The first-order valence-electron chi connectivity index (χ1n) is 8.41. The fourth-order valence-corrected chi connectivity index (χ4v) is 3.50. The normalized spacial score (nSPS) is 31.0. The zero-order chi connectivity index (χ0) is 16.4. The minimum Gasteiger partial charge on any atom is -0.390 e. The second-order valence-corrected chi connectivity index (χ2v) is 6.56. The molecular formula is C20H22O4. The van der Waals surface area contributed by atoms with Crippen molar-refractivity contribution in [3.8, 4) is 0 Å². The van der Waals surface area contributed by atoms with E-state index in [0.29, 0.717) is 26.2 Å². The first-order valence-corrected chi connectivity index (χ1v) is 8.41. The number of ether oxygens (including phenoxy) is 3. The van der Waals surface area contributed by atoms with Gasteiger partial charge in [0.2, 0.25) is 0 Å². The van der Waals surface area contributed by atoms with Crippen molar-refractivity contribution in [2.75, 3.05) is 6.61 Å². The fraction of sp³-hybridized carbons (Fsp3) is 0.400. The van der Waals surface area contributed by atoms with Crippen LogP contribution in [-0.2, 0) is 27.4 Å². The first kappa shape index (κ1) is 15.8. The van der Waals surface area contributed by atoms with Gasteiger partial charge in [-0.05, 0) is 11.1 Å².